The molecule has 0 heterocycles. The van der Waals surface area contributed by atoms with Crippen molar-refractivity contribution in [3.63, 3.8) is 0 Å². The van der Waals surface area contributed by atoms with Gasteiger partial charge < -0.3 is 21.3 Å². The maximum absolute atomic E-state index is 12.9. The number of nitrogens with one attached hydrogen (secondary N) is 4. The molecule has 8 heteroatoms. The second-order valence-corrected chi connectivity index (χ2v) is 7.47. The first-order chi connectivity index (χ1) is 14.8. The molecule has 2 rings (SSSR count). The number of hydrogen-bond donors (Lipinski definition) is 4. The summed E-state index contributed by atoms with van der Waals surface area (Å²) in [6.07, 6.45) is 2.29. The lowest BCUT2D eigenvalue weighted by molar-refractivity contribution is -0.119. The fraction of sp³-hybridized carbons (Fsp3) is 0.261. The van der Waals surface area contributed by atoms with E-state index < -0.39 is 6.04 Å². The molecule has 0 saturated carbocycles. The highest BCUT2D eigenvalue weighted by Gasteiger charge is 2.26. The van der Waals surface area contributed by atoms with Crippen LogP contribution in [-0.2, 0) is 4.79 Å². The molecule has 0 saturated heterocycles. The van der Waals surface area contributed by atoms with Crippen LogP contribution < -0.4 is 21.3 Å². The first kappa shape index (κ1) is 24.0. The highest BCUT2D eigenvalue weighted by atomic mass is 35.5. The van der Waals surface area contributed by atoms with Crippen molar-refractivity contribution < 1.29 is 14.4 Å². The SMILES string of the molecule is C=CCNC(=O)Nc1ccc(NC(=O)C(NC(=O)c2ccc(Cl)cc2)C(C)CC)cc1. The van der Waals surface area contributed by atoms with Crippen LogP contribution >= 0.6 is 11.6 Å². The quantitative estimate of drug-likeness (QED) is 0.432. The van der Waals surface area contributed by atoms with Gasteiger partial charge in [0.2, 0.25) is 5.91 Å². The molecule has 4 amide bonds. The summed E-state index contributed by atoms with van der Waals surface area (Å²) in [5.41, 5.74) is 1.56. The van der Waals surface area contributed by atoms with Crippen LogP contribution in [0.15, 0.2) is 61.2 Å². The number of rotatable bonds is 9. The van der Waals surface area contributed by atoms with Crippen LogP contribution in [0.4, 0.5) is 16.2 Å². The largest absolute Gasteiger partial charge is 0.340 e. The van der Waals surface area contributed by atoms with Crippen molar-refractivity contribution >= 4 is 40.8 Å². The van der Waals surface area contributed by atoms with Crippen LogP contribution in [0.5, 0.6) is 0 Å². The third-order valence-electron chi connectivity index (χ3n) is 4.71. The van der Waals surface area contributed by atoms with Crippen LogP contribution in [0.3, 0.4) is 0 Å². The minimum Gasteiger partial charge on any atom is -0.340 e. The van der Waals surface area contributed by atoms with E-state index in [1.807, 2.05) is 13.8 Å². The highest BCUT2D eigenvalue weighted by molar-refractivity contribution is 6.30. The minimum absolute atomic E-state index is 0.0780. The zero-order chi connectivity index (χ0) is 22.8. The van der Waals surface area contributed by atoms with Gasteiger partial charge in [-0.3, -0.25) is 9.59 Å². The van der Waals surface area contributed by atoms with Crippen LogP contribution in [0, 0.1) is 5.92 Å². The molecular formula is C23H27ClN4O3. The average Bonchev–Trinajstić information content (AvgIpc) is 2.77. The highest BCUT2D eigenvalue weighted by Crippen LogP contribution is 2.17. The summed E-state index contributed by atoms with van der Waals surface area (Å²) >= 11 is 5.87. The van der Waals surface area contributed by atoms with Gasteiger partial charge in [0, 0.05) is 28.5 Å². The van der Waals surface area contributed by atoms with Gasteiger partial charge in [0.25, 0.3) is 5.91 Å². The van der Waals surface area contributed by atoms with E-state index in [1.54, 1.807) is 54.6 Å². The summed E-state index contributed by atoms with van der Waals surface area (Å²) in [7, 11) is 0. The van der Waals surface area contributed by atoms with Crippen LogP contribution in [0.2, 0.25) is 5.02 Å². The Bertz CT molecular complexity index is 913. The normalized spacial score (nSPS) is 12.2. The lowest BCUT2D eigenvalue weighted by Crippen LogP contribution is -2.47. The number of urea groups is 1. The van der Waals surface area contributed by atoms with Gasteiger partial charge in [-0.1, -0.05) is 37.9 Å². The smallest absolute Gasteiger partial charge is 0.319 e. The Kier molecular flexibility index (Phi) is 9.09. The molecule has 4 N–H and O–H groups in total. The van der Waals surface area contributed by atoms with Gasteiger partial charge in [0.15, 0.2) is 0 Å². The second-order valence-electron chi connectivity index (χ2n) is 7.03. The number of anilines is 2. The lowest BCUT2D eigenvalue weighted by Gasteiger charge is -2.23. The van der Waals surface area contributed by atoms with Crippen molar-refractivity contribution in [1.29, 1.82) is 0 Å². The van der Waals surface area contributed by atoms with E-state index in [-0.39, 0.29) is 23.8 Å². The zero-order valence-electron chi connectivity index (χ0n) is 17.6. The van der Waals surface area contributed by atoms with E-state index in [0.29, 0.717) is 34.9 Å². The topological polar surface area (TPSA) is 99.3 Å². The van der Waals surface area contributed by atoms with E-state index in [4.69, 9.17) is 11.6 Å². The number of amides is 4. The zero-order valence-corrected chi connectivity index (χ0v) is 18.3. The molecule has 2 unspecified atom stereocenters. The van der Waals surface area contributed by atoms with Gasteiger partial charge in [-0.05, 0) is 54.4 Å². The standard InChI is InChI=1S/C23H27ClN4O3/c1-4-14-25-23(31)27-19-12-10-18(11-13-19)26-22(30)20(15(3)5-2)28-21(29)16-6-8-17(24)9-7-16/h4,6-13,15,20H,1,5,14H2,2-3H3,(H,26,30)(H,28,29)(H2,25,27,31). The first-order valence-corrected chi connectivity index (χ1v) is 10.3. The maximum Gasteiger partial charge on any atom is 0.319 e. The Morgan fingerprint density at radius 2 is 1.58 bits per heavy atom. The molecule has 0 aromatic heterocycles. The average molecular weight is 443 g/mol. The minimum atomic E-state index is -0.712. The summed E-state index contributed by atoms with van der Waals surface area (Å²) in [5.74, 6) is -0.742. The second kappa shape index (κ2) is 11.8. The Hall–Kier alpha value is -3.32. The van der Waals surface area contributed by atoms with Crippen molar-refractivity contribution in [1.82, 2.24) is 10.6 Å². The molecule has 0 bridgehead atoms. The third kappa shape index (κ3) is 7.46. The molecule has 0 radical (unpaired) electrons. The van der Waals surface area contributed by atoms with E-state index >= 15 is 0 Å². The summed E-state index contributed by atoms with van der Waals surface area (Å²) in [6, 6.07) is 12.1. The molecule has 2 aromatic carbocycles. The van der Waals surface area contributed by atoms with Gasteiger partial charge in [-0.2, -0.15) is 0 Å². The third-order valence-corrected chi connectivity index (χ3v) is 4.96. The fourth-order valence-electron chi connectivity index (χ4n) is 2.72. The number of carbonyl (C=O) groups excluding carboxylic acids is 3. The number of carbonyl (C=O) groups is 3. The molecule has 164 valence electrons. The maximum atomic E-state index is 12.9. The molecule has 0 fully saturated rings. The van der Waals surface area contributed by atoms with Gasteiger partial charge >= 0.3 is 6.03 Å². The predicted molar refractivity (Wildman–Crippen MR) is 124 cm³/mol. The summed E-state index contributed by atoms with van der Waals surface area (Å²) in [5, 5.41) is 11.5. The molecular weight excluding hydrogens is 416 g/mol. The molecule has 2 aromatic rings. The van der Waals surface area contributed by atoms with Crippen molar-refractivity contribution in [2.75, 3.05) is 17.2 Å². The Morgan fingerprint density at radius 1 is 1.00 bits per heavy atom. The summed E-state index contributed by atoms with van der Waals surface area (Å²) < 4.78 is 0. The van der Waals surface area contributed by atoms with Crippen molar-refractivity contribution in [2.24, 2.45) is 5.92 Å². The molecule has 0 aliphatic rings. The predicted octanol–water partition coefficient (Wildman–Crippen LogP) is 4.43. The Labute approximate surface area is 187 Å². The van der Waals surface area contributed by atoms with E-state index in [2.05, 4.69) is 27.8 Å². The molecule has 7 nitrogen and oxygen atoms in total. The van der Waals surface area contributed by atoms with Crippen LogP contribution in [0.25, 0.3) is 0 Å². The molecule has 0 aliphatic heterocycles. The van der Waals surface area contributed by atoms with Gasteiger partial charge in [0.1, 0.15) is 6.04 Å². The molecule has 2 atom stereocenters. The number of halogens is 1. The monoisotopic (exact) mass is 442 g/mol. The van der Waals surface area contributed by atoms with E-state index in [1.165, 1.54) is 0 Å². The van der Waals surface area contributed by atoms with Gasteiger partial charge in [0.05, 0.1) is 0 Å². The van der Waals surface area contributed by atoms with Crippen LogP contribution in [-0.4, -0.2) is 30.4 Å². The number of benzene rings is 2. The van der Waals surface area contributed by atoms with Crippen molar-refractivity contribution in [3.05, 3.63) is 71.8 Å². The molecule has 0 aliphatic carbocycles. The summed E-state index contributed by atoms with van der Waals surface area (Å²) in [6.45, 7) is 7.76. The van der Waals surface area contributed by atoms with Crippen LogP contribution in [0.1, 0.15) is 30.6 Å². The van der Waals surface area contributed by atoms with Gasteiger partial charge in [-0.25, -0.2) is 4.79 Å². The first-order valence-electron chi connectivity index (χ1n) is 9.97. The molecule has 31 heavy (non-hydrogen) atoms. The molecule has 0 spiro atoms. The summed E-state index contributed by atoms with van der Waals surface area (Å²) in [4.78, 5) is 37.1. The van der Waals surface area contributed by atoms with Gasteiger partial charge in [-0.15, -0.1) is 6.58 Å². The Balaban J connectivity index is 2.03. The fourth-order valence-corrected chi connectivity index (χ4v) is 2.85. The lowest BCUT2D eigenvalue weighted by atomic mass is 9.97. The van der Waals surface area contributed by atoms with E-state index in [9.17, 15) is 14.4 Å². The Morgan fingerprint density at radius 3 is 2.13 bits per heavy atom. The van der Waals surface area contributed by atoms with E-state index in [0.717, 1.165) is 0 Å². The van der Waals surface area contributed by atoms with Crippen molar-refractivity contribution in [2.45, 2.75) is 26.3 Å². The van der Waals surface area contributed by atoms with Crippen molar-refractivity contribution in [3.8, 4) is 0 Å². The number of hydrogen-bond acceptors (Lipinski definition) is 3.